The van der Waals surface area contributed by atoms with Gasteiger partial charge in [0, 0.05) is 0 Å². The van der Waals surface area contributed by atoms with Gasteiger partial charge in [-0.3, -0.25) is 0 Å². The van der Waals surface area contributed by atoms with E-state index in [1.165, 1.54) is 32.4 Å². The van der Waals surface area contributed by atoms with Crippen LogP contribution in [-0.4, -0.2) is 19.2 Å². The number of hydrogen-bond acceptors (Lipinski definition) is 3. The monoisotopic (exact) mass is 129 g/mol. The third-order valence-electron chi connectivity index (χ3n) is 1.21. The molecule has 0 radical (unpaired) electrons. The molecule has 0 bridgehead atoms. The summed E-state index contributed by atoms with van der Waals surface area (Å²) >= 11 is 0. The summed E-state index contributed by atoms with van der Waals surface area (Å²) in [7, 11) is 0. The predicted octanol–water partition coefficient (Wildman–Crippen LogP) is 0.176. The van der Waals surface area contributed by atoms with E-state index in [2.05, 4.69) is 5.32 Å². The summed E-state index contributed by atoms with van der Waals surface area (Å²) in [6, 6.07) is 0. The van der Waals surface area contributed by atoms with Crippen molar-refractivity contribution in [1.29, 1.82) is 0 Å². The number of hydrogen-bond donors (Lipinski definition) is 1. The molecule has 0 amide bonds. The van der Waals surface area contributed by atoms with Gasteiger partial charge in [-0.05, 0) is 25.9 Å². The first-order valence-corrected chi connectivity index (χ1v) is 3.12. The molecule has 1 fully saturated rings. The normalized spacial score (nSPS) is 16.9. The van der Waals surface area contributed by atoms with Crippen LogP contribution in [-0.2, 0) is 9.59 Å². The second kappa shape index (κ2) is 7.34. The van der Waals surface area contributed by atoms with Gasteiger partial charge < -0.3 is 5.32 Å². The maximum absolute atomic E-state index is 8.12. The summed E-state index contributed by atoms with van der Waals surface area (Å²) in [4.78, 5) is 16.2. The topological polar surface area (TPSA) is 46.2 Å². The van der Waals surface area contributed by atoms with E-state index in [1.54, 1.807) is 0 Å². The zero-order valence-corrected chi connectivity index (χ0v) is 5.35. The molecule has 1 aliphatic heterocycles. The van der Waals surface area contributed by atoms with Crippen molar-refractivity contribution in [2.75, 3.05) is 13.1 Å². The minimum Gasteiger partial charge on any atom is -0.317 e. The van der Waals surface area contributed by atoms with Crippen LogP contribution < -0.4 is 5.32 Å². The van der Waals surface area contributed by atoms with Gasteiger partial charge in [0.1, 0.15) is 0 Å². The van der Waals surface area contributed by atoms with Gasteiger partial charge in [-0.1, -0.05) is 6.42 Å². The van der Waals surface area contributed by atoms with Crippen molar-refractivity contribution >= 4 is 6.15 Å². The summed E-state index contributed by atoms with van der Waals surface area (Å²) in [5.41, 5.74) is 0. The molecule has 0 saturated carbocycles. The lowest BCUT2D eigenvalue weighted by Gasteiger charge is -2.08. The van der Waals surface area contributed by atoms with E-state index in [9.17, 15) is 0 Å². The zero-order valence-electron chi connectivity index (χ0n) is 5.35. The first kappa shape index (κ1) is 8.34. The van der Waals surface area contributed by atoms with E-state index >= 15 is 0 Å². The van der Waals surface area contributed by atoms with Crippen LogP contribution in [0.1, 0.15) is 19.3 Å². The van der Waals surface area contributed by atoms with Gasteiger partial charge in [-0.25, -0.2) is 0 Å². The van der Waals surface area contributed by atoms with E-state index in [0.717, 1.165) is 0 Å². The Balaban J connectivity index is 0.000000187. The summed E-state index contributed by atoms with van der Waals surface area (Å²) < 4.78 is 0. The number of carbonyl (C=O) groups excluding carboxylic acids is 2. The molecule has 1 N–H and O–H groups in total. The van der Waals surface area contributed by atoms with Crippen LogP contribution in [0.15, 0.2) is 0 Å². The largest absolute Gasteiger partial charge is 0.373 e. The fraction of sp³-hybridized carbons (Fsp3) is 0.833. The Hall–Kier alpha value is -0.660. The highest BCUT2D eigenvalue weighted by Gasteiger charge is 1.93. The Bertz CT molecular complexity index is 71.5. The molecule has 0 spiro atoms. The van der Waals surface area contributed by atoms with Gasteiger partial charge in [-0.15, -0.1) is 0 Å². The molecule has 0 aliphatic carbocycles. The van der Waals surface area contributed by atoms with E-state index in [-0.39, 0.29) is 6.15 Å². The highest BCUT2D eigenvalue weighted by molar-refractivity contribution is 5.20. The summed E-state index contributed by atoms with van der Waals surface area (Å²) in [5.74, 6) is 0. The summed E-state index contributed by atoms with van der Waals surface area (Å²) in [6.07, 6.45) is 4.47. The third-order valence-corrected chi connectivity index (χ3v) is 1.21. The standard InChI is InChI=1S/C5H11N.CO2/c1-2-4-6-5-3-1;2-1-3/h6H,1-5H2;. The van der Waals surface area contributed by atoms with Crippen molar-refractivity contribution in [3.63, 3.8) is 0 Å². The number of nitrogens with one attached hydrogen (secondary N) is 1. The molecule has 1 heterocycles. The lowest BCUT2D eigenvalue weighted by molar-refractivity contribution is -0.191. The summed E-state index contributed by atoms with van der Waals surface area (Å²) in [6.45, 7) is 2.50. The second-order valence-electron chi connectivity index (χ2n) is 1.89. The van der Waals surface area contributed by atoms with Crippen LogP contribution in [0.4, 0.5) is 0 Å². The lowest BCUT2D eigenvalue weighted by Crippen LogP contribution is -2.21. The van der Waals surface area contributed by atoms with Crippen LogP contribution in [0.3, 0.4) is 0 Å². The van der Waals surface area contributed by atoms with Crippen molar-refractivity contribution in [1.82, 2.24) is 5.32 Å². The van der Waals surface area contributed by atoms with E-state index in [1.807, 2.05) is 0 Å². The van der Waals surface area contributed by atoms with Crippen molar-refractivity contribution in [3.8, 4) is 0 Å². The molecule has 0 unspecified atom stereocenters. The highest BCUT2D eigenvalue weighted by Crippen LogP contribution is 1.96. The molecular weight excluding hydrogens is 118 g/mol. The minimum absolute atomic E-state index is 0.250. The highest BCUT2D eigenvalue weighted by atomic mass is 16.2. The molecule has 0 aromatic rings. The molecule has 3 nitrogen and oxygen atoms in total. The molecule has 3 heteroatoms. The fourth-order valence-electron chi connectivity index (χ4n) is 0.802. The average molecular weight is 129 g/mol. The Kier molecular flexibility index (Phi) is 6.80. The molecule has 1 rings (SSSR count). The zero-order chi connectivity index (χ0) is 6.95. The number of rotatable bonds is 0. The SMILES string of the molecule is C1CCNCC1.O=C=O. The van der Waals surface area contributed by atoms with Gasteiger partial charge in [0.05, 0.1) is 0 Å². The average Bonchev–Trinajstić information content (AvgIpc) is 1.93. The molecule has 0 aromatic carbocycles. The molecule has 1 saturated heterocycles. The lowest BCUT2D eigenvalue weighted by atomic mass is 10.2. The van der Waals surface area contributed by atoms with Gasteiger partial charge in [-0.2, -0.15) is 9.59 Å². The Morgan fingerprint density at radius 1 is 1.00 bits per heavy atom. The maximum Gasteiger partial charge on any atom is 0.373 e. The van der Waals surface area contributed by atoms with Crippen molar-refractivity contribution < 1.29 is 9.59 Å². The Labute approximate surface area is 54.4 Å². The fourth-order valence-corrected chi connectivity index (χ4v) is 0.802. The van der Waals surface area contributed by atoms with Crippen LogP contribution in [0.25, 0.3) is 0 Å². The van der Waals surface area contributed by atoms with E-state index in [0.29, 0.717) is 0 Å². The van der Waals surface area contributed by atoms with Gasteiger partial charge >= 0.3 is 6.15 Å². The van der Waals surface area contributed by atoms with Gasteiger partial charge in [0.2, 0.25) is 0 Å². The molecule has 52 valence electrons. The molecular formula is C6H11NO2. The van der Waals surface area contributed by atoms with Crippen LogP contribution in [0, 0.1) is 0 Å². The van der Waals surface area contributed by atoms with Crippen molar-refractivity contribution in [2.45, 2.75) is 19.3 Å². The Morgan fingerprint density at radius 3 is 1.56 bits per heavy atom. The third kappa shape index (κ3) is 7.34. The van der Waals surface area contributed by atoms with E-state index in [4.69, 9.17) is 9.59 Å². The molecule has 1 aliphatic rings. The predicted molar refractivity (Wildman–Crippen MR) is 31.7 cm³/mol. The smallest absolute Gasteiger partial charge is 0.317 e. The molecule has 0 atom stereocenters. The summed E-state index contributed by atoms with van der Waals surface area (Å²) in [5, 5.41) is 3.28. The van der Waals surface area contributed by atoms with Crippen LogP contribution in [0.2, 0.25) is 0 Å². The van der Waals surface area contributed by atoms with E-state index < -0.39 is 0 Å². The number of piperidine rings is 1. The maximum atomic E-state index is 8.12. The van der Waals surface area contributed by atoms with Crippen molar-refractivity contribution in [2.24, 2.45) is 0 Å². The minimum atomic E-state index is 0.250. The van der Waals surface area contributed by atoms with Crippen molar-refractivity contribution in [3.05, 3.63) is 0 Å². The van der Waals surface area contributed by atoms with Gasteiger partial charge in [0.15, 0.2) is 0 Å². The van der Waals surface area contributed by atoms with Crippen LogP contribution in [0.5, 0.6) is 0 Å². The molecule has 9 heavy (non-hydrogen) atoms. The molecule has 0 aromatic heterocycles. The second-order valence-corrected chi connectivity index (χ2v) is 1.89. The van der Waals surface area contributed by atoms with Gasteiger partial charge in [0.25, 0.3) is 0 Å². The Morgan fingerprint density at radius 2 is 1.44 bits per heavy atom. The first-order valence-electron chi connectivity index (χ1n) is 3.12. The van der Waals surface area contributed by atoms with Crippen LogP contribution >= 0.6 is 0 Å². The first-order chi connectivity index (χ1) is 4.41. The quantitative estimate of drug-likeness (QED) is 0.507.